The van der Waals surface area contributed by atoms with Crippen molar-refractivity contribution in [3.8, 4) is 11.1 Å². The number of nitrogens with zero attached hydrogens (tertiary/aromatic N) is 1. The van der Waals surface area contributed by atoms with E-state index in [0.29, 0.717) is 28.6 Å². The van der Waals surface area contributed by atoms with E-state index in [4.69, 9.17) is 11.1 Å². The number of hydrogen-bond donors (Lipinski definition) is 3. The largest absolute Gasteiger partial charge is 0.385 e. The lowest BCUT2D eigenvalue weighted by atomic mass is 9.92. The number of carbonyl (C=O) groups excluding carboxylic acids is 2. The van der Waals surface area contributed by atoms with Crippen molar-refractivity contribution in [1.29, 1.82) is 5.41 Å². The molecule has 0 heterocycles. The van der Waals surface area contributed by atoms with Gasteiger partial charge in [0.1, 0.15) is 5.84 Å². The van der Waals surface area contributed by atoms with E-state index in [1.165, 1.54) is 0 Å². The van der Waals surface area contributed by atoms with Gasteiger partial charge in [0.05, 0.1) is 0 Å². The molecule has 0 unspecified atom stereocenters. The molecule has 3 aromatic rings. The summed E-state index contributed by atoms with van der Waals surface area (Å²) in [6.45, 7) is 5.70. The van der Waals surface area contributed by atoms with Crippen molar-refractivity contribution >= 4 is 34.5 Å². The van der Waals surface area contributed by atoms with Gasteiger partial charge in [-0.1, -0.05) is 44.9 Å². The number of amides is 1. The average Bonchev–Trinajstić information content (AvgIpc) is 2.86. The third kappa shape index (κ3) is 5.45. The molecule has 0 radical (unpaired) electrons. The molecule has 1 amide bonds. The summed E-state index contributed by atoms with van der Waals surface area (Å²) in [5.41, 5.74) is 9.88. The molecule has 0 bridgehead atoms. The molecule has 0 atom stereocenters. The smallest absolute Gasteiger partial charge is 0.254 e. The molecule has 0 saturated heterocycles. The molecule has 178 valence electrons. The van der Waals surface area contributed by atoms with Crippen LogP contribution in [-0.4, -0.2) is 43.1 Å². The van der Waals surface area contributed by atoms with Crippen molar-refractivity contribution in [2.24, 2.45) is 5.73 Å². The second kappa shape index (κ2) is 11.5. The molecule has 4 N–H and O–H groups in total. The molecule has 6 heteroatoms. The van der Waals surface area contributed by atoms with Crippen LogP contribution in [0.2, 0.25) is 0 Å². The van der Waals surface area contributed by atoms with E-state index in [2.05, 4.69) is 19.2 Å². The number of nitrogens with two attached hydrogens (primary N) is 1. The van der Waals surface area contributed by atoms with E-state index in [0.717, 1.165) is 60.7 Å². The van der Waals surface area contributed by atoms with Crippen LogP contribution in [0.1, 0.15) is 65.8 Å². The summed E-state index contributed by atoms with van der Waals surface area (Å²) < 4.78 is 0. The number of unbranched alkanes of at least 4 members (excludes halogenated alkanes) is 2. The fraction of sp³-hybridized carbons (Fsp3) is 0.321. The molecule has 0 aliphatic rings. The molecule has 0 spiro atoms. The molecule has 34 heavy (non-hydrogen) atoms. The van der Waals surface area contributed by atoms with Gasteiger partial charge in [-0.15, -0.1) is 0 Å². The number of anilines is 1. The van der Waals surface area contributed by atoms with Crippen LogP contribution in [-0.2, 0) is 0 Å². The molecule has 0 aliphatic carbocycles. The van der Waals surface area contributed by atoms with Gasteiger partial charge in [-0.05, 0) is 54.3 Å². The number of nitrogens with one attached hydrogen (secondary N) is 2. The highest BCUT2D eigenvalue weighted by molar-refractivity contribution is 6.16. The minimum Gasteiger partial charge on any atom is -0.385 e. The Kier molecular flexibility index (Phi) is 8.41. The number of amidine groups is 1. The van der Waals surface area contributed by atoms with Gasteiger partial charge >= 0.3 is 0 Å². The van der Waals surface area contributed by atoms with E-state index >= 15 is 0 Å². The first-order chi connectivity index (χ1) is 16.4. The maximum absolute atomic E-state index is 13.3. The highest BCUT2D eigenvalue weighted by atomic mass is 16.2. The Labute approximate surface area is 201 Å². The monoisotopic (exact) mass is 458 g/mol. The summed E-state index contributed by atoms with van der Waals surface area (Å²) in [7, 11) is 1.81. The Bertz CT molecular complexity index is 1200. The Morgan fingerprint density at radius 2 is 1.82 bits per heavy atom. The molecule has 3 aromatic carbocycles. The lowest BCUT2D eigenvalue weighted by Crippen LogP contribution is -2.28. The van der Waals surface area contributed by atoms with Crippen molar-refractivity contribution in [2.75, 3.05) is 25.5 Å². The van der Waals surface area contributed by atoms with Crippen LogP contribution in [0.15, 0.2) is 48.5 Å². The average molecular weight is 459 g/mol. The minimum absolute atomic E-state index is 0.0110. The van der Waals surface area contributed by atoms with Gasteiger partial charge in [-0.25, -0.2) is 0 Å². The quantitative estimate of drug-likeness (QED) is 0.149. The molecule has 3 rings (SSSR count). The summed E-state index contributed by atoms with van der Waals surface area (Å²) in [6.07, 6.45) is 4.82. The van der Waals surface area contributed by atoms with Gasteiger partial charge in [0, 0.05) is 53.3 Å². The summed E-state index contributed by atoms with van der Waals surface area (Å²) in [4.78, 5) is 27.3. The third-order valence-electron chi connectivity index (χ3n) is 6.05. The Balaban J connectivity index is 2.22. The second-order valence-corrected chi connectivity index (χ2v) is 8.62. The summed E-state index contributed by atoms with van der Waals surface area (Å²) in [6, 6.07) is 15.0. The van der Waals surface area contributed by atoms with Crippen LogP contribution >= 0.6 is 0 Å². The number of hydrogen-bond acceptors (Lipinski definition) is 4. The van der Waals surface area contributed by atoms with E-state index in [-0.39, 0.29) is 11.7 Å². The molecular formula is C28H34N4O2. The summed E-state index contributed by atoms with van der Waals surface area (Å²) in [5.74, 6) is -0.101. The minimum atomic E-state index is -0.0898. The standard InChI is InChI=1S/C28H34N4O2/c1-4-6-13-31-25-12-11-23(28(34)32(3)14-7-5-2)26-22(18-33)16-21(17-24(25)26)19-9-8-10-20(15-19)27(29)30/h8-12,15-18,31H,4-7,13-14H2,1-3H3,(H3,29,30). The third-order valence-corrected chi connectivity index (χ3v) is 6.05. The van der Waals surface area contributed by atoms with Crippen LogP contribution in [0.4, 0.5) is 5.69 Å². The predicted molar refractivity (Wildman–Crippen MR) is 141 cm³/mol. The number of nitrogen functional groups attached to an aromatic ring is 1. The highest BCUT2D eigenvalue weighted by Crippen LogP contribution is 2.35. The number of rotatable bonds is 11. The topological polar surface area (TPSA) is 99.3 Å². The SMILES string of the molecule is CCCCNc1ccc(C(=O)N(C)CCCC)c2c(C=O)cc(-c3cccc(C(=N)N)c3)cc12. The lowest BCUT2D eigenvalue weighted by Gasteiger charge is -2.20. The van der Waals surface area contributed by atoms with Crippen LogP contribution in [0.25, 0.3) is 21.9 Å². The van der Waals surface area contributed by atoms with Gasteiger partial charge in [0.25, 0.3) is 5.91 Å². The zero-order valence-electron chi connectivity index (χ0n) is 20.3. The molecule has 6 nitrogen and oxygen atoms in total. The number of benzene rings is 3. The zero-order chi connectivity index (χ0) is 24.7. The van der Waals surface area contributed by atoms with E-state index in [1.807, 2.05) is 42.5 Å². The normalized spacial score (nSPS) is 10.8. The Morgan fingerprint density at radius 1 is 1.06 bits per heavy atom. The lowest BCUT2D eigenvalue weighted by molar-refractivity contribution is 0.0795. The van der Waals surface area contributed by atoms with Crippen LogP contribution < -0.4 is 11.1 Å². The predicted octanol–water partition coefficient (Wildman–Crippen LogP) is 5.69. The van der Waals surface area contributed by atoms with Gasteiger partial charge in [0.15, 0.2) is 6.29 Å². The van der Waals surface area contributed by atoms with E-state index in [1.54, 1.807) is 18.0 Å². The number of fused-ring (bicyclic) bond motifs is 1. The van der Waals surface area contributed by atoms with Crippen molar-refractivity contribution in [2.45, 2.75) is 39.5 Å². The van der Waals surface area contributed by atoms with Crippen molar-refractivity contribution in [1.82, 2.24) is 4.90 Å². The fourth-order valence-corrected chi connectivity index (χ4v) is 4.08. The second-order valence-electron chi connectivity index (χ2n) is 8.62. The Hall–Kier alpha value is -3.67. The van der Waals surface area contributed by atoms with E-state index < -0.39 is 0 Å². The van der Waals surface area contributed by atoms with Gasteiger partial charge in [-0.2, -0.15) is 0 Å². The maximum atomic E-state index is 13.3. The van der Waals surface area contributed by atoms with Crippen molar-refractivity contribution in [3.63, 3.8) is 0 Å². The first-order valence-corrected chi connectivity index (χ1v) is 11.9. The summed E-state index contributed by atoms with van der Waals surface area (Å²) >= 11 is 0. The number of aldehydes is 1. The van der Waals surface area contributed by atoms with Crippen molar-refractivity contribution < 1.29 is 9.59 Å². The van der Waals surface area contributed by atoms with Gasteiger partial charge in [-0.3, -0.25) is 15.0 Å². The first-order valence-electron chi connectivity index (χ1n) is 11.9. The summed E-state index contributed by atoms with van der Waals surface area (Å²) in [5, 5.41) is 12.7. The molecule has 0 aliphatic heterocycles. The maximum Gasteiger partial charge on any atom is 0.254 e. The van der Waals surface area contributed by atoms with E-state index in [9.17, 15) is 9.59 Å². The molecule has 0 aromatic heterocycles. The number of carbonyl (C=O) groups is 2. The van der Waals surface area contributed by atoms with Gasteiger partial charge < -0.3 is 16.0 Å². The molecule has 0 saturated carbocycles. The zero-order valence-corrected chi connectivity index (χ0v) is 20.3. The molecule has 0 fully saturated rings. The van der Waals surface area contributed by atoms with Crippen LogP contribution in [0.5, 0.6) is 0 Å². The fourth-order valence-electron chi connectivity index (χ4n) is 4.08. The highest BCUT2D eigenvalue weighted by Gasteiger charge is 2.20. The first kappa shape index (κ1) is 25.0. The van der Waals surface area contributed by atoms with Crippen LogP contribution in [0, 0.1) is 5.41 Å². The van der Waals surface area contributed by atoms with Crippen LogP contribution in [0.3, 0.4) is 0 Å². The van der Waals surface area contributed by atoms with Crippen molar-refractivity contribution in [3.05, 3.63) is 65.2 Å². The molecular weight excluding hydrogens is 424 g/mol. The van der Waals surface area contributed by atoms with Gasteiger partial charge in [0.2, 0.25) is 0 Å². The Morgan fingerprint density at radius 3 is 2.50 bits per heavy atom.